The molecule has 1 aromatic rings. The zero-order valence-corrected chi connectivity index (χ0v) is 9.29. The van der Waals surface area contributed by atoms with Crippen molar-refractivity contribution < 1.29 is 8.42 Å². The standard InChI is InChI=1S/C11H13NO2S/c1-8(7-12)9-2-3-11-10(6-9)4-5-15(11,13)14/h2-6,8H,7,12H2,1H3. The lowest BCUT2D eigenvalue weighted by Crippen LogP contribution is -2.09. The molecule has 2 rings (SSSR count). The van der Waals surface area contributed by atoms with Crippen molar-refractivity contribution >= 4 is 15.9 Å². The second kappa shape index (κ2) is 3.47. The summed E-state index contributed by atoms with van der Waals surface area (Å²) in [5.74, 6) is 0.256. The first-order valence-electron chi connectivity index (χ1n) is 4.82. The zero-order valence-electron chi connectivity index (χ0n) is 8.47. The Labute approximate surface area is 89.5 Å². The normalized spacial score (nSPS) is 18.8. The molecular weight excluding hydrogens is 210 g/mol. The molecule has 1 aliphatic rings. The van der Waals surface area contributed by atoms with E-state index in [1.54, 1.807) is 12.1 Å². The molecule has 2 N–H and O–H groups in total. The fourth-order valence-electron chi connectivity index (χ4n) is 1.64. The van der Waals surface area contributed by atoms with E-state index < -0.39 is 9.84 Å². The molecule has 0 radical (unpaired) electrons. The van der Waals surface area contributed by atoms with Crippen molar-refractivity contribution in [2.45, 2.75) is 17.7 Å². The largest absolute Gasteiger partial charge is 0.330 e. The van der Waals surface area contributed by atoms with Gasteiger partial charge in [-0.2, -0.15) is 0 Å². The van der Waals surface area contributed by atoms with Crippen LogP contribution in [0, 0.1) is 0 Å². The van der Waals surface area contributed by atoms with Crippen LogP contribution in [-0.4, -0.2) is 15.0 Å². The Morgan fingerprint density at radius 1 is 1.40 bits per heavy atom. The first-order valence-corrected chi connectivity index (χ1v) is 6.36. The van der Waals surface area contributed by atoms with Gasteiger partial charge in [0.1, 0.15) is 0 Å². The summed E-state index contributed by atoms with van der Waals surface area (Å²) in [6.45, 7) is 2.59. The van der Waals surface area contributed by atoms with Gasteiger partial charge >= 0.3 is 0 Å². The molecule has 0 bridgehead atoms. The van der Waals surface area contributed by atoms with E-state index in [4.69, 9.17) is 5.73 Å². The van der Waals surface area contributed by atoms with Gasteiger partial charge in [-0.25, -0.2) is 8.42 Å². The van der Waals surface area contributed by atoms with Crippen molar-refractivity contribution in [1.82, 2.24) is 0 Å². The van der Waals surface area contributed by atoms with E-state index >= 15 is 0 Å². The zero-order chi connectivity index (χ0) is 11.1. The van der Waals surface area contributed by atoms with Gasteiger partial charge in [-0.15, -0.1) is 0 Å². The van der Waals surface area contributed by atoms with Crippen LogP contribution in [0.15, 0.2) is 28.5 Å². The first kappa shape index (κ1) is 10.4. The Hall–Kier alpha value is -1.13. The van der Waals surface area contributed by atoms with Crippen molar-refractivity contribution in [3.05, 3.63) is 34.7 Å². The molecule has 0 spiro atoms. The van der Waals surface area contributed by atoms with Gasteiger partial charge < -0.3 is 5.73 Å². The number of nitrogens with two attached hydrogens (primary N) is 1. The Kier molecular flexibility index (Phi) is 2.40. The van der Waals surface area contributed by atoms with Crippen LogP contribution >= 0.6 is 0 Å². The van der Waals surface area contributed by atoms with Crippen molar-refractivity contribution in [3.63, 3.8) is 0 Å². The number of benzene rings is 1. The molecule has 3 nitrogen and oxygen atoms in total. The van der Waals surface area contributed by atoms with E-state index in [0.29, 0.717) is 11.4 Å². The summed E-state index contributed by atoms with van der Waals surface area (Å²) < 4.78 is 23.0. The Balaban J connectivity index is 2.51. The van der Waals surface area contributed by atoms with Gasteiger partial charge in [-0.05, 0) is 35.7 Å². The van der Waals surface area contributed by atoms with E-state index in [-0.39, 0.29) is 5.92 Å². The average molecular weight is 223 g/mol. The SMILES string of the molecule is CC(CN)c1ccc2c(c1)C=CS2(=O)=O. The van der Waals surface area contributed by atoms with Crippen molar-refractivity contribution in [2.75, 3.05) is 6.54 Å². The van der Waals surface area contributed by atoms with Gasteiger partial charge in [0.25, 0.3) is 0 Å². The molecule has 1 aliphatic heterocycles. The second-order valence-electron chi connectivity index (χ2n) is 3.78. The third-order valence-electron chi connectivity index (χ3n) is 2.69. The quantitative estimate of drug-likeness (QED) is 0.826. The third-order valence-corrected chi connectivity index (χ3v) is 4.17. The lowest BCUT2D eigenvalue weighted by Gasteiger charge is -2.09. The van der Waals surface area contributed by atoms with Gasteiger partial charge in [0.05, 0.1) is 4.90 Å². The summed E-state index contributed by atoms with van der Waals surface area (Å²) in [4.78, 5) is 0.399. The van der Waals surface area contributed by atoms with Gasteiger partial charge in [0.15, 0.2) is 9.84 Å². The molecule has 0 saturated carbocycles. The Morgan fingerprint density at radius 2 is 2.13 bits per heavy atom. The number of hydrogen-bond donors (Lipinski definition) is 1. The van der Waals surface area contributed by atoms with Crippen LogP contribution < -0.4 is 5.73 Å². The molecule has 1 unspecified atom stereocenters. The minimum atomic E-state index is -3.17. The Morgan fingerprint density at radius 3 is 2.80 bits per heavy atom. The predicted molar refractivity (Wildman–Crippen MR) is 60.1 cm³/mol. The molecular formula is C11H13NO2S. The van der Waals surface area contributed by atoms with Crippen molar-refractivity contribution in [1.29, 1.82) is 0 Å². The summed E-state index contributed by atoms with van der Waals surface area (Å²) in [7, 11) is -3.17. The minimum Gasteiger partial charge on any atom is -0.330 e. The molecule has 1 aromatic carbocycles. The number of sulfone groups is 1. The molecule has 0 fully saturated rings. The summed E-state index contributed by atoms with van der Waals surface area (Å²) in [6, 6.07) is 5.39. The summed E-state index contributed by atoms with van der Waals surface area (Å²) in [6.07, 6.45) is 1.64. The number of hydrogen-bond acceptors (Lipinski definition) is 3. The molecule has 0 aliphatic carbocycles. The van der Waals surface area contributed by atoms with Gasteiger partial charge in [-0.3, -0.25) is 0 Å². The highest BCUT2D eigenvalue weighted by atomic mass is 32.2. The maximum atomic E-state index is 11.5. The summed E-state index contributed by atoms with van der Waals surface area (Å²) >= 11 is 0. The van der Waals surface area contributed by atoms with E-state index in [1.165, 1.54) is 5.41 Å². The van der Waals surface area contributed by atoms with Gasteiger partial charge in [0, 0.05) is 5.41 Å². The van der Waals surface area contributed by atoms with Crippen molar-refractivity contribution in [2.24, 2.45) is 5.73 Å². The number of rotatable bonds is 2. The van der Waals surface area contributed by atoms with Gasteiger partial charge in [0.2, 0.25) is 0 Å². The minimum absolute atomic E-state index is 0.256. The van der Waals surface area contributed by atoms with E-state index in [9.17, 15) is 8.42 Å². The molecule has 1 heterocycles. The highest BCUT2D eigenvalue weighted by molar-refractivity contribution is 7.94. The van der Waals surface area contributed by atoms with Crippen LogP contribution in [0.2, 0.25) is 0 Å². The Bertz CT molecular complexity index is 517. The van der Waals surface area contributed by atoms with Crippen LogP contribution in [0.3, 0.4) is 0 Å². The molecule has 80 valence electrons. The summed E-state index contributed by atoms with van der Waals surface area (Å²) in [5.41, 5.74) is 7.42. The first-order chi connectivity index (χ1) is 7.04. The molecule has 0 aromatic heterocycles. The van der Waals surface area contributed by atoms with E-state index in [0.717, 1.165) is 11.1 Å². The monoisotopic (exact) mass is 223 g/mol. The second-order valence-corrected chi connectivity index (χ2v) is 5.58. The number of fused-ring (bicyclic) bond motifs is 1. The maximum absolute atomic E-state index is 11.5. The fourth-order valence-corrected chi connectivity index (χ4v) is 2.82. The van der Waals surface area contributed by atoms with Crippen LogP contribution in [0.1, 0.15) is 24.0 Å². The fraction of sp³-hybridized carbons (Fsp3) is 0.273. The predicted octanol–water partition coefficient (Wildman–Crippen LogP) is 1.51. The molecule has 15 heavy (non-hydrogen) atoms. The lowest BCUT2D eigenvalue weighted by molar-refractivity contribution is 0.605. The smallest absolute Gasteiger partial charge is 0.200 e. The summed E-state index contributed by atoms with van der Waals surface area (Å²) in [5, 5.41) is 1.24. The molecule has 1 atom stereocenters. The van der Waals surface area contributed by atoms with Crippen LogP contribution in [0.4, 0.5) is 0 Å². The lowest BCUT2D eigenvalue weighted by atomic mass is 9.99. The van der Waals surface area contributed by atoms with Crippen molar-refractivity contribution in [3.8, 4) is 0 Å². The van der Waals surface area contributed by atoms with Crippen LogP contribution in [0.5, 0.6) is 0 Å². The molecule has 0 saturated heterocycles. The van der Waals surface area contributed by atoms with E-state index in [1.807, 2.05) is 19.1 Å². The average Bonchev–Trinajstić information content (AvgIpc) is 2.53. The topological polar surface area (TPSA) is 60.2 Å². The van der Waals surface area contributed by atoms with Crippen LogP contribution in [0.25, 0.3) is 6.08 Å². The van der Waals surface area contributed by atoms with Crippen LogP contribution in [-0.2, 0) is 9.84 Å². The highest BCUT2D eigenvalue weighted by Gasteiger charge is 2.20. The third kappa shape index (κ3) is 1.70. The highest BCUT2D eigenvalue weighted by Crippen LogP contribution is 2.29. The molecule has 0 amide bonds. The molecule has 4 heteroatoms. The van der Waals surface area contributed by atoms with E-state index in [2.05, 4.69) is 0 Å². The maximum Gasteiger partial charge on any atom is 0.200 e. The van der Waals surface area contributed by atoms with Gasteiger partial charge in [-0.1, -0.05) is 19.1 Å².